The largest absolute Gasteiger partial charge is 0.398 e. The zero-order chi connectivity index (χ0) is 11.6. The Balaban J connectivity index is 3.17. The maximum Gasteiger partial charge on any atom is 0.0440 e. The van der Waals surface area contributed by atoms with Gasteiger partial charge in [-0.3, -0.25) is 0 Å². The van der Waals surface area contributed by atoms with Crippen LogP contribution in [-0.2, 0) is 5.41 Å². The molecule has 0 heterocycles. The van der Waals surface area contributed by atoms with Gasteiger partial charge in [0.05, 0.1) is 0 Å². The van der Waals surface area contributed by atoms with Gasteiger partial charge < -0.3 is 17.2 Å². The minimum Gasteiger partial charge on any atom is -0.398 e. The van der Waals surface area contributed by atoms with Crippen LogP contribution < -0.4 is 17.2 Å². The summed E-state index contributed by atoms with van der Waals surface area (Å²) in [5.41, 5.74) is 20.3. The number of hydrogen-bond donors (Lipinski definition) is 3. The van der Waals surface area contributed by atoms with E-state index in [1.54, 1.807) is 0 Å². The van der Waals surface area contributed by atoms with E-state index in [-0.39, 0.29) is 11.5 Å². The van der Waals surface area contributed by atoms with Gasteiger partial charge in [-0.1, -0.05) is 32.9 Å². The van der Waals surface area contributed by atoms with Gasteiger partial charge >= 0.3 is 0 Å². The summed E-state index contributed by atoms with van der Waals surface area (Å²) < 4.78 is 0. The van der Waals surface area contributed by atoms with Gasteiger partial charge in [-0.25, -0.2) is 0 Å². The Morgan fingerprint density at radius 2 is 1.87 bits per heavy atom. The summed E-state index contributed by atoms with van der Waals surface area (Å²) in [5.74, 6) is 0. The lowest BCUT2D eigenvalue weighted by molar-refractivity contribution is 0.587. The lowest BCUT2D eigenvalue weighted by atomic mass is 9.85. The molecule has 0 fully saturated rings. The third-order valence-corrected chi connectivity index (χ3v) is 2.61. The van der Waals surface area contributed by atoms with E-state index in [9.17, 15) is 0 Å². The molecule has 0 bridgehead atoms. The van der Waals surface area contributed by atoms with Crippen molar-refractivity contribution in [1.82, 2.24) is 0 Å². The number of hydrogen-bond acceptors (Lipinski definition) is 3. The van der Waals surface area contributed by atoms with Gasteiger partial charge in [-0.2, -0.15) is 0 Å². The molecule has 0 unspecified atom stereocenters. The lowest BCUT2D eigenvalue weighted by Gasteiger charge is -2.22. The first-order valence-corrected chi connectivity index (χ1v) is 5.22. The van der Waals surface area contributed by atoms with Crippen molar-refractivity contribution in [2.75, 3.05) is 12.3 Å². The zero-order valence-electron chi connectivity index (χ0n) is 9.75. The van der Waals surface area contributed by atoms with Gasteiger partial charge in [0, 0.05) is 18.3 Å². The Morgan fingerprint density at radius 1 is 1.27 bits per heavy atom. The fourth-order valence-electron chi connectivity index (χ4n) is 1.49. The molecule has 6 N–H and O–H groups in total. The minimum absolute atomic E-state index is 0.108. The second kappa shape index (κ2) is 4.21. The average molecular weight is 207 g/mol. The van der Waals surface area contributed by atoms with Crippen LogP contribution in [0, 0.1) is 0 Å². The summed E-state index contributed by atoms with van der Waals surface area (Å²) in [6.07, 6.45) is 0. The maximum atomic E-state index is 5.90. The van der Waals surface area contributed by atoms with Crippen molar-refractivity contribution < 1.29 is 0 Å². The highest BCUT2D eigenvalue weighted by molar-refractivity contribution is 5.51. The van der Waals surface area contributed by atoms with Gasteiger partial charge in [-0.15, -0.1) is 0 Å². The van der Waals surface area contributed by atoms with Crippen LogP contribution in [-0.4, -0.2) is 6.54 Å². The summed E-state index contributed by atoms with van der Waals surface area (Å²) in [7, 11) is 0. The number of nitrogens with two attached hydrogens (primary N) is 3. The number of rotatable bonds is 2. The lowest BCUT2D eigenvalue weighted by Crippen LogP contribution is -2.23. The second-order valence-corrected chi connectivity index (χ2v) is 4.94. The Bertz CT molecular complexity index is 339. The molecule has 3 nitrogen and oxygen atoms in total. The molecule has 0 spiro atoms. The molecule has 1 rings (SSSR count). The second-order valence-electron chi connectivity index (χ2n) is 4.94. The smallest absolute Gasteiger partial charge is 0.0440 e. The zero-order valence-corrected chi connectivity index (χ0v) is 9.75. The molecule has 3 heteroatoms. The molecule has 0 radical (unpaired) electrons. The van der Waals surface area contributed by atoms with Crippen molar-refractivity contribution in [2.45, 2.75) is 32.2 Å². The van der Waals surface area contributed by atoms with E-state index in [1.165, 1.54) is 5.56 Å². The normalized spacial score (nSPS) is 13.9. The van der Waals surface area contributed by atoms with E-state index in [0.717, 1.165) is 11.3 Å². The van der Waals surface area contributed by atoms with E-state index in [0.29, 0.717) is 6.54 Å². The Kier molecular flexibility index (Phi) is 3.37. The van der Waals surface area contributed by atoms with Gasteiger partial charge in [-0.05, 0) is 22.6 Å². The van der Waals surface area contributed by atoms with Crippen LogP contribution >= 0.6 is 0 Å². The fourth-order valence-corrected chi connectivity index (χ4v) is 1.49. The highest BCUT2D eigenvalue weighted by Crippen LogP contribution is 2.27. The fraction of sp³-hybridized carbons (Fsp3) is 0.500. The predicted molar refractivity (Wildman–Crippen MR) is 65.5 cm³/mol. The number of anilines is 1. The molecule has 1 aromatic rings. The Hall–Kier alpha value is -1.06. The van der Waals surface area contributed by atoms with E-state index >= 15 is 0 Å². The van der Waals surface area contributed by atoms with Crippen molar-refractivity contribution in [3.8, 4) is 0 Å². The van der Waals surface area contributed by atoms with Crippen LogP contribution in [0.2, 0.25) is 0 Å². The SMILES string of the molecule is CC(C)(C)c1ccc(N)c([C@@H](N)CN)c1. The molecular formula is C12H21N3. The molecule has 0 aliphatic rings. The molecule has 15 heavy (non-hydrogen) atoms. The summed E-state index contributed by atoms with van der Waals surface area (Å²) in [5, 5.41) is 0. The van der Waals surface area contributed by atoms with Gasteiger partial charge in [0.2, 0.25) is 0 Å². The average Bonchev–Trinajstić information content (AvgIpc) is 2.15. The maximum absolute atomic E-state index is 5.90. The molecular weight excluding hydrogens is 186 g/mol. The highest BCUT2D eigenvalue weighted by atomic mass is 14.7. The van der Waals surface area contributed by atoms with Gasteiger partial charge in [0.25, 0.3) is 0 Å². The van der Waals surface area contributed by atoms with Crippen LogP contribution in [0.3, 0.4) is 0 Å². The van der Waals surface area contributed by atoms with Crippen LogP contribution in [0.25, 0.3) is 0 Å². The molecule has 0 saturated carbocycles. The van der Waals surface area contributed by atoms with Crippen LogP contribution in [0.15, 0.2) is 18.2 Å². The predicted octanol–water partition coefficient (Wildman–Crippen LogP) is 1.52. The topological polar surface area (TPSA) is 78.1 Å². The van der Waals surface area contributed by atoms with E-state index in [2.05, 4.69) is 26.8 Å². The molecule has 0 aliphatic carbocycles. The van der Waals surface area contributed by atoms with Crippen molar-refractivity contribution in [1.29, 1.82) is 0 Å². The molecule has 1 aromatic carbocycles. The molecule has 0 saturated heterocycles. The van der Waals surface area contributed by atoms with Crippen LogP contribution in [0.1, 0.15) is 37.9 Å². The van der Waals surface area contributed by atoms with E-state index < -0.39 is 0 Å². The minimum atomic E-state index is -0.174. The quantitative estimate of drug-likeness (QED) is 0.643. The van der Waals surface area contributed by atoms with Crippen LogP contribution in [0.4, 0.5) is 5.69 Å². The van der Waals surface area contributed by atoms with Crippen molar-refractivity contribution in [3.05, 3.63) is 29.3 Å². The number of benzene rings is 1. The van der Waals surface area contributed by atoms with Crippen LogP contribution in [0.5, 0.6) is 0 Å². The first kappa shape index (κ1) is 12.0. The summed E-state index contributed by atoms with van der Waals surface area (Å²) in [6.45, 7) is 6.90. The molecule has 1 atom stereocenters. The third-order valence-electron chi connectivity index (χ3n) is 2.61. The van der Waals surface area contributed by atoms with Crippen molar-refractivity contribution >= 4 is 5.69 Å². The number of nitrogen functional groups attached to an aromatic ring is 1. The monoisotopic (exact) mass is 207 g/mol. The molecule has 0 aliphatic heterocycles. The van der Waals surface area contributed by atoms with Gasteiger partial charge in [0.15, 0.2) is 0 Å². The Morgan fingerprint density at radius 3 is 2.33 bits per heavy atom. The van der Waals surface area contributed by atoms with Crippen molar-refractivity contribution in [2.24, 2.45) is 11.5 Å². The van der Waals surface area contributed by atoms with E-state index in [1.807, 2.05) is 12.1 Å². The first-order chi connectivity index (χ1) is 6.86. The highest BCUT2D eigenvalue weighted by Gasteiger charge is 2.16. The Labute approximate surface area is 91.6 Å². The standard InChI is InChI=1S/C12H21N3/c1-12(2,3)8-4-5-10(14)9(6-8)11(15)7-13/h4-6,11H,7,13-15H2,1-3H3/t11-/m0/s1. The summed E-state index contributed by atoms with van der Waals surface area (Å²) >= 11 is 0. The molecule has 0 aromatic heterocycles. The molecule has 0 amide bonds. The molecule has 84 valence electrons. The van der Waals surface area contributed by atoms with Crippen molar-refractivity contribution in [3.63, 3.8) is 0 Å². The first-order valence-electron chi connectivity index (χ1n) is 5.22. The van der Waals surface area contributed by atoms with Gasteiger partial charge in [0.1, 0.15) is 0 Å². The summed E-state index contributed by atoms with van der Waals surface area (Å²) in [6, 6.07) is 5.84. The summed E-state index contributed by atoms with van der Waals surface area (Å²) in [4.78, 5) is 0. The third kappa shape index (κ3) is 2.70. The van der Waals surface area contributed by atoms with E-state index in [4.69, 9.17) is 17.2 Å².